The third-order valence-corrected chi connectivity index (χ3v) is 6.78. The first-order chi connectivity index (χ1) is 16.5. The van der Waals surface area contributed by atoms with E-state index in [9.17, 15) is 19.5 Å². The van der Waals surface area contributed by atoms with Crippen molar-refractivity contribution >= 4 is 23.5 Å². The fourth-order valence-electron chi connectivity index (χ4n) is 4.76. The number of ether oxygens (including phenoxy) is 1. The van der Waals surface area contributed by atoms with Crippen molar-refractivity contribution in [3.05, 3.63) is 29.8 Å². The molecule has 1 aliphatic heterocycles. The van der Waals surface area contributed by atoms with Crippen LogP contribution in [0.15, 0.2) is 24.3 Å². The molecule has 2 amide bonds. The lowest BCUT2D eigenvalue weighted by molar-refractivity contribution is -0.144. The van der Waals surface area contributed by atoms with Gasteiger partial charge in [0.05, 0.1) is 13.2 Å². The predicted octanol–water partition coefficient (Wildman–Crippen LogP) is 2.94. The normalized spacial score (nSPS) is 18.3. The van der Waals surface area contributed by atoms with Gasteiger partial charge in [0, 0.05) is 30.6 Å². The maximum absolute atomic E-state index is 13.5. The molecule has 0 unspecified atom stereocenters. The Morgan fingerprint density at radius 3 is 2.63 bits per heavy atom. The average Bonchev–Trinajstić information content (AvgIpc) is 2.81. The second-order valence-electron chi connectivity index (χ2n) is 10.5. The molecule has 0 spiro atoms. The highest BCUT2D eigenvalue weighted by atomic mass is 16.5. The summed E-state index contributed by atoms with van der Waals surface area (Å²) in [4.78, 5) is 39.8. The van der Waals surface area contributed by atoms with Gasteiger partial charge in [-0.2, -0.15) is 0 Å². The molecular formula is C27H43N3O5. The Labute approximate surface area is 209 Å². The van der Waals surface area contributed by atoms with Crippen molar-refractivity contribution < 1.29 is 24.2 Å². The first-order valence-electron chi connectivity index (χ1n) is 12.7. The largest absolute Gasteiger partial charge is 0.467 e. The minimum atomic E-state index is -0.866. The molecule has 0 bridgehead atoms. The lowest BCUT2D eigenvalue weighted by Crippen LogP contribution is -2.50. The van der Waals surface area contributed by atoms with Crippen LogP contribution in [0.5, 0.6) is 0 Å². The number of aliphatic hydroxyl groups excluding tert-OH is 1. The third-order valence-electron chi connectivity index (χ3n) is 6.78. The van der Waals surface area contributed by atoms with Gasteiger partial charge in [0.1, 0.15) is 6.04 Å². The molecule has 4 atom stereocenters. The van der Waals surface area contributed by atoms with Crippen LogP contribution in [0.3, 0.4) is 0 Å². The summed E-state index contributed by atoms with van der Waals surface area (Å²) in [5, 5.41) is 13.6. The van der Waals surface area contributed by atoms with Gasteiger partial charge in [0.15, 0.2) is 0 Å². The van der Waals surface area contributed by atoms with Crippen LogP contribution < -0.4 is 16.0 Å². The number of benzene rings is 1. The highest BCUT2D eigenvalue weighted by Gasteiger charge is 2.39. The van der Waals surface area contributed by atoms with Crippen LogP contribution in [0.2, 0.25) is 0 Å². The molecule has 1 aromatic rings. The van der Waals surface area contributed by atoms with Crippen molar-refractivity contribution in [3.8, 4) is 0 Å². The maximum Gasteiger partial charge on any atom is 0.328 e. The molecule has 0 aromatic heterocycles. The van der Waals surface area contributed by atoms with Crippen molar-refractivity contribution in [1.29, 1.82) is 0 Å². The van der Waals surface area contributed by atoms with E-state index in [-0.39, 0.29) is 30.6 Å². The Bertz CT molecular complexity index is 872. The van der Waals surface area contributed by atoms with Crippen molar-refractivity contribution in [2.24, 2.45) is 17.1 Å². The highest BCUT2D eigenvalue weighted by Crippen LogP contribution is 2.35. The van der Waals surface area contributed by atoms with E-state index in [2.05, 4.69) is 12.2 Å². The van der Waals surface area contributed by atoms with E-state index < -0.39 is 29.6 Å². The van der Waals surface area contributed by atoms with E-state index in [0.717, 1.165) is 24.1 Å². The monoisotopic (exact) mass is 489 g/mol. The number of nitrogens with zero attached hydrogens (tertiary/aromatic N) is 1. The molecule has 0 aliphatic carbocycles. The molecule has 35 heavy (non-hydrogen) atoms. The van der Waals surface area contributed by atoms with E-state index in [4.69, 9.17) is 10.5 Å². The number of unbranched alkanes of at least 4 members (excludes halogenated alkanes) is 1. The van der Waals surface area contributed by atoms with Gasteiger partial charge in [0.2, 0.25) is 11.8 Å². The Hall–Kier alpha value is -2.45. The van der Waals surface area contributed by atoms with Crippen LogP contribution in [0.25, 0.3) is 0 Å². The summed E-state index contributed by atoms with van der Waals surface area (Å²) < 4.78 is 4.98. The fourth-order valence-corrected chi connectivity index (χ4v) is 4.76. The zero-order valence-electron chi connectivity index (χ0n) is 21.9. The molecule has 1 heterocycles. The number of nitrogens with two attached hydrogens (primary N) is 1. The number of aryl methyl sites for hydroxylation is 1. The zero-order chi connectivity index (χ0) is 26.2. The van der Waals surface area contributed by atoms with Crippen LogP contribution in [0.4, 0.5) is 5.69 Å². The summed E-state index contributed by atoms with van der Waals surface area (Å²) in [6.45, 7) is 8.34. The molecule has 4 N–H and O–H groups in total. The van der Waals surface area contributed by atoms with Crippen LogP contribution in [0.1, 0.15) is 71.8 Å². The molecule has 0 saturated carbocycles. The molecular weight excluding hydrogens is 446 g/mol. The van der Waals surface area contributed by atoms with E-state index in [0.29, 0.717) is 25.8 Å². The SMILES string of the molecule is CCCCNC(=O)[C@H](C)C[C@H](O)[C@@H](N)CC(C)(C)CC(=O)N1c2ccccc2CC[C@@H]1C(=O)OC. The van der Waals surface area contributed by atoms with E-state index in [1.807, 2.05) is 38.1 Å². The van der Waals surface area contributed by atoms with E-state index in [1.165, 1.54) is 7.11 Å². The minimum absolute atomic E-state index is 0.0863. The molecule has 0 saturated heterocycles. The Kier molecular flexibility index (Phi) is 10.7. The number of rotatable bonds is 12. The van der Waals surface area contributed by atoms with E-state index >= 15 is 0 Å². The number of fused-ring (bicyclic) bond motifs is 1. The van der Waals surface area contributed by atoms with Gasteiger partial charge in [-0.05, 0) is 49.1 Å². The van der Waals surface area contributed by atoms with Crippen molar-refractivity contribution in [3.63, 3.8) is 0 Å². The quantitative estimate of drug-likeness (QED) is 0.307. The first kappa shape index (κ1) is 28.8. The number of esters is 1. The van der Waals surface area contributed by atoms with Gasteiger partial charge in [-0.15, -0.1) is 0 Å². The van der Waals surface area contributed by atoms with Gasteiger partial charge in [0.25, 0.3) is 0 Å². The predicted molar refractivity (Wildman–Crippen MR) is 137 cm³/mol. The van der Waals surface area contributed by atoms with Gasteiger partial charge in [-0.25, -0.2) is 4.79 Å². The second-order valence-corrected chi connectivity index (χ2v) is 10.5. The topological polar surface area (TPSA) is 122 Å². The molecule has 0 fully saturated rings. The summed E-state index contributed by atoms with van der Waals surface area (Å²) >= 11 is 0. The number of carbonyl (C=O) groups excluding carboxylic acids is 3. The standard InChI is InChI=1S/C27H43N3O5/c1-6-7-14-29-25(33)18(2)15-23(31)20(28)16-27(3,4)17-24(32)30-21-11-9-8-10-19(21)12-13-22(30)26(34)35-5/h8-11,18,20,22-23,31H,6-7,12-17,28H2,1-5H3,(H,29,33)/t18-,20+,22-,23+/m1/s1. The van der Waals surface area contributed by atoms with Crippen LogP contribution in [0, 0.1) is 11.3 Å². The summed E-state index contributed by atoms with van der Waals surface area (Å²) in [5.41, 5.74) is 7.55. The zero-order valence-corrected chi connectivity index (χ0v) is 21.9. The van der Waals surface area contributed by atoms with Crippen LogP contribution in [-0.4, -0.2) is 54.7 Å². The number of para-hydroxylation sites is 1. The van der Waals surface area contributed by atoms with Crippen molar-refractivity contribution in [1.82, 2.24) is 5.32 Å². The number of amides is 2. The lowest BCUT2D eigenvalue weighted by atomic mass is 9.79. The Morgan fingerprint density at radius 1 is 1.29 bits per heavy atom. The molecule has 8 heteroatoms. The summed E-state index contributed by atoms with van der Waals surface area (Å²) in [7, 11) is 1.33. The Morgan fingerprint density at radius 2 is 1.97 bits per heavy atom. The lowest BCUT2D eigenvalue weighted by Gasteiger charge is -2.38. The van der Waals surface area contributed by atoms with Crippen molar-refractivity contribution in [2.45, 2.75) is 90.8 Å². The van der Waals surface area contributed by atoms with E-state index in [1.54, 1.807) is 11.8 Å². The maximum atomic E-state index is 13.5. The smallest absolute Gasteiger partial charge is 0.328 e. The van der Waals surface area contributed by atoms with Gasteiger partial charge < -0.3 is 20.9 Å². The molecule has 0 radical (unpaired) electrons. The number of hydrogen-bond donors (Lipinski definition) is 3. The summed E-state index contributed by atoms with van der Waals surface area (Å²) in [6, 6.07) is 6.36. The number of methoxy groups -OCH3 is 1. The summed E-state index contributed by atoms with van der Waals surface area (Å²) in [6.07, 6.45) is 3.06. The molecule has 8 nitrogen and oxygen atoms in total. The average molecular weight is 490 g/mol. The molecule has 2 rings (SSSR count). The van der Waals surface area contributed by atoms with Gasteiger partial charge in [-0.1, -0.05) is 52.3 Å². The van der Waals surface area contributed by atoms with Gasteiger partial charge in [-0.3, -0.25) is 14.5 Å². The van der Waals surface area contributed by atoms with Gasteiger partial charge >= 0.3 is 5.97 Å². The number of anilines is 1. The Balaban J connectivity index is 2.03. The fraction of sp³-hybridized carbons (Fsp3) is 0.667. The molecule has 196 valence electrons. The third kappa shape index (κ3) is 8.04. The van der Waals surface area contributed by atoms with Crippen molar-refractivity contribution in [2.75, 3.05) is 18.6 Å². The number of nitrogens with one attached hydrogen (secondary N) is 1. The number of hydrogen-bond acceptors (Lipinski definition) is 6. The minimum Gasteiger partial charge on any atom is -0.467 e. The summed E-state index contributed by atoms with van der Waals surface area (Å²) in [5.74, 6) is -1.05. The second kappa shape index (κ2) is 13.0. The number of carbonyl (C=O) groups is 3. The van der Waals surface area contributed by atoms with Crippen LogP contribution in [-0.2, 0) is 25.5 Å². The first-order valence-corrected chi connectivity index (χ1v) is 12.7. The highest BCUT2D eigenvalue weighted by molar-refractivity contribution is 6.01. The van der Waals surface area contributed by atoms with Crippen LogP contribution >= 0.6 is 0 Å². The number of aliphatic hydroxyl groups is 1. The molecule has 1 aromatic carbocycles. The molecule has 1 aliphatic rings.